The molecule has 1 N–H and O–H groups in total. The Morgan fingerprint density at radius 1 is 1.58 bits per heavy atom. The maximum Gasteiger partial charge on any atom is 0.337 e. The molecule has 60 valence electrons. The van der Waals surface area contributed by atoms with Crippen molar-refractivity contribution in [2.24, 2.45) is 0 Å². The Balaban J connectivity index is 2.79. The number of carboxylic acids is 1. The largest absolute Gasteiger partial charge is 0.478 e. The number of hydrogen-bond acceptors (Lipinski definition) is 3. The van der Waals surface area contributed by atoms with E-state index in [1.165, 1.54) is 11.3 Å². The first-order chi connectivity index (χ1) is 5.79. The molecule has 0 atom stereocenters. The Bertz CT molecular complexity index is 435. The summed E-state index contributed by atoms with van der Waals surface area (Å²) in [7, 11) is 0. The van der Waals surface area contributed by atoms with E-state index in [0.717, 1.165) is 10.1 Å². The second kappa shape index (κ2) is 2.57. The minimum atomic E-state index is -0.882. The zero-order valence-electron chi connectivity index (χ0n) is 6.02. The van der Waals surface area contributed by atoms with Gasteiger partial charge in [0.05, 0.1) is 10.3 Å². The minimum absolute atomic E-state index is 0.359. The molecule has 2 aromatic heterocycles. The SMILES string of the molecule is O=C(O)c1csc2cnccc12. The lowest BCUT2D eigenvalue weighted by Gasteiger charge is -1.89. The van der Waals surface area contributed by atoms with E-state index in [1.54, 1.807) is 23.8 Å². The van der Waals surface area contributed by atoms with Crippen LogP contribution in [0.2, 0.25) is 0 Å². The summed E-state index contributed by atoms with van der Waals surface area (Å²) in [4.78, 5) is 14.6. The van der Waals surface area contributed by atoms with Crippen molar-refractivity contribution in [3.8, 4) is 0 Å². The van der Waals surface area contributed by atoms with Crippen LogP contribution < -0.4 is 0 Å². The van der Waals surface area contributed by atoms with Crippen molar-refractivity contribution < 1.29 is 9.90 Å². The first-order valence-corrected chi connectivity index (χ1v) is 4.21. The van der Waals surface area contributed by atoms with Gasteiger partial charge < -0.3 is 5.11 Å². The highest BCUT2D eigenvalue weighted by Crippen LogP contribution is 2.24. The molecule has 3 nitrogen and oxygen atoms in total. The van der Waals surface area contributed by atoms with E-state index in [2.05, 4.69) is 4.98 Å². The molecule has 12 heavy (non-hydrogen) atoms. The molecule has 0 spiro atoms. The number of pyridine rings is 1. The smallest absolute Gasteiger partial charge is 0.337 e. The number of rotatable bonds is 1. The van der Waals surface area contributed by atoms with Gasteiger partial charge in [-0.1, -0.05) is 0 Å². The summed E-state index contributed by atoms with van der Waals surface area (Å²) < 4.78 is 0.912. The monoisotopic (exact) mass is 179 g/mol. The molecule has 0 aromatic carbocycles. The number of fused-ring (bicyclic) bond motifs is 1. The molecule has 0 aliphatic heterocycles. The third-order valence-corrected chi connectivity index (χ3v) is 2.54. The first kappa shape index (κ1) is 7.24. The second-order valence-corrected chi connectivity index (χ2v) is 3.24. The average molecular weight is 179 g/mol. The molecular formula is C8H5NO2S. The Morgan fingerprint density at radius 2 is 2.42 bits per heavy atom. The molecule has 0 radical (unpaired) electrons. The van der Waals surface area contributed by atoms with Crippen molar-refractivity contribution >= 4 is 27.4 Å². The number of thiophene rings is 1. The summed E-state index contributed by atoms with van der Waals surface area (Å²) in [5, 5.41) is 11.2. The molecule has 0 saturated carbocycles. The van der Waals surface area contributed by atoms with Crippen LogP contribution in [0.25, 0.3) is 10.1 Å². The number of carbonyl (C=O) groups is 1. The molecule has 0 aliphatic carbocycles. The van der Waals surface area contributed by atoms with Crippen LogP contribution in [0.1, 0.15) is 10.4 Å². The van der Waals surface area contributed by atoms with Gasteiger partial charge in [0.2, 0.25) is 0 Å². The third-order valence-electron chi connectivity index (χ3n) is 1.61. The van der Waals surface area contributed by atoms with Gasteiger partial charge in [-0.25, -0.2) is 4.79 Å². The quantitative estimate of drug-likeness (QED) is 0.728. The average Bonchev–Trinajstić information content (AvgIpc) is 2.47. The number of carboxylic acid groups (broad SMARTS) is 1. The normalized spacial score (nSPS) is 10.3. The highest BCUT2D eigenvalue weighted by atomic mass is 32.1. The van der Waals surface area contributed by atoms with Crippen molar-refractivity contribution in [3.63, 3.8) is 0 Å². The number of hydrogen-bond donors (Lipinski definition) is 1. The van der Waals surface area contributed by atoms with E-state index < -0.39 is 5.97 Å². The molecule has 0 amide bonds. The van der Waals surface area contributed by atoms with Crippen LogP contribution in [0.3, 0.4) is 0 Å². The Hall–Kier alpha value is -1.42. The van der Waals surface area contributed by atoms with E-state index in [1.807, 2.05) is 0 Å². The molecular weight excluding hydrogens is 174 g/mol. The van der Waals surface area contributed by atoms with Crippen LogP contribution >= 0.6 is 11.3 Å². The summed E-state index contributed by atoms with van der Waals surface area (Å²) in [6.45, 7) is 0. The predicted molar refractivity (Wildman–Crippen MR) is 46.6 cm³/mol. The van der Waals surface area contributed by atoms with Gasteiger partial charge in [0.15, 0.2) is 0 Å². The van der Waals surface area contributed by atoms with E-state index in [-0.39, 0.29) is 0 Å². The van der Waals surface area contributed by atoms with Crippen molar-refractivity contribution in [1.82, 2.24) is 4.98 Å². The van der Waals surface area contributed by atoms with E-state index in [4.69, 9.17) is 5.11 Å². The number of nitrogens with zero attached hydrogens (tertiary/aromatic N) is 1. The maximum absolute atomic E-state index is 10.7. The zero-order chi connectivity index (χ0) is 8.55. The number of aromatic nitrogens is 1. The summed E-state index contributed by atoms with van der Waals surface area (Å²) in [5.41, 5.74) is 0.359. The second-order valence-electron chi connectivity index (χ2n) is 2.33. The molecule has 0 fully saturated rings. The van der Waals surface area contributed by atoms with Crippen molar-refractivity contribution in [1.29, 1.82) is 0 Å². The lowest BCUT2D eigenvalue weighted by molar-refractivity contribution is 0.0699. The van der Waals surface area contributed by atoms with Crippen LogP contribution in [-0.2, 0) is 0 Å². The van der Waals surface area contributed by atoms with Crippen molar-refractivity contribution in [2.45, 2.75) is 0 Å². The summed E-state index contributed by atoms with van der Waals surface area (Å²) >= 11 is 1.40. The van der Waals surface area contributed by atoms with Gasteiger partial charge in [-0.3, -0.25) is 4.98 Å². The van der Waals surface area contributed by atoms with Gasteiger partial charge in [-0.05, 0) is 6.07 Å². The van der Waals surface area contributed by atoms with Crippen molar-refractivity contribution in [2.75, 3.05) is 0 Å². The molecule has 2 rings (SSSR count). The lowest BCUT2D eigenvalue weighted by Crippen LogP contribution is -1.93. The van der Waals surface area contributed by atoms with Crippen LogP contribution in [-0.4, -0.2) is 16.1 Å². The highest BCUT2D eigenvalue weighted by molar-refractivity contribution is 7.17. The number of aromatic carboxylic acids is 1. The fourth-order valence-corrected chi connectivity index (χ4v) is 1.95. The lowest BCUT2D eigenvalue weighted by atomic mass is 10.2. The Kier molecular flexibility index (Phi) is 1.55. The minimum Gasteiger partial charge on any atom is -0.478 e. The van der Waals surface area contributed by atoms with E-state index in [9.17, 15) is 4.79 Å². The first-order valence-electron chi connectivity index (χ1n) is 3.33. The summed E-state index contributed by atoms with van der Waals surface area (Å²) in [6, 6.07) is 1.72. The van der Waals surface area contributed by atoms with Crippen molar-refractivity contribution in [3.05, 3.63) is 29.4 Å². The van der Waals surface area contributed by atoms with E-state index >= 15 is 0 Å². The standard InChI is InChI=1S/C8H5NO2S/c10-8(11)6-4-12-7-3-9-2-1-5(6)7/h1-4H,(H,10,11). The molecule has 2 heterocycles. The van der Waals surface area contributed by atoms with Crippen LogP contribution in [0.5, 0.6) is 0 Å². The Morgan fingerprint density at radius 3 is 3.17 bits per heavy atom. The molecule has 0 saturated heterocycles. The van der Waals surface area contributed by atoms with Crippen LogP contribution in [0.15, 0.2) is 23.8 Å². The van der Waals surface area contributed by atoms with Gasteiger partial charge in [-0.15, -0.1) is 11.3 Å². The Labute approximate surface area is 72.3 Å². The van der Waals surface area contributed by atoms with E-state index in [0.29, 0.717) is 5.56 Å². The maximum atomic E-state index is 10.7. The van der Waals surface area contributed by atoms with Crippen LogP contribution in [0.4, 0.5) is 0 Å². The van der Waals surface area contributed by atoms with Gasteiger partial charge in [0.25, 0.3) is 0 Å². The highest BCUT2D eigenvalue weighted by Gasteiger charge is 2.09. The fourth-order valence-electron chi connectivity index (χ4n) is 1.05. The molecule has 4 heteroatoms. The van der Waals surface area contributed by atoms with Crippen LogP contribution in [0, 0.1) is 0 Å². The van der Waals surface area contributed by atoms with Gasteiger partial charge >= 0.3 is 5.97 Å². The predicted octanol–water partition coefficient (Wildman–Crippen LogP) is 1.99. The fraction of sp³-hybridized carbons (Fsp3) is 0. The summed E-state index contributed by atoms with van der Waals surface area (Å²) in [5.74, 6) is -0.882. The topological polar surface area (TPSA) is 50.2 Å². The summed E-state index contributed by atoms with van der Waals surface area (Å²) in [6.07, 6.45) is 3.27. The molecule has 0 bridgehead atoms. The molecule has 2 aromatic rings. The van der Waals surface area contributed by atoms with Gasteiger partial charge in [0, 0.05) is 23.2 Å². The molecule has 0 aliphatic rings. The van der Waals surface area contributed by atoms with Gasteiger partial charge in [0.1, 0.15) is 0 Å². The molecule has 0 unspecified atom stereocenters. The zero-order valence-corrected chi connectivity index (χ0v) is 6.84. The van der Waals surface area contributed by atoms with Gasteiger partial charge in [-0.2, -0.15) is 0 Å². The third kappa shape index (κ3) is 0.967.